The molecule has 0 aliphatic carbocycles. The molecule has 0 aromatic heterocycles. The van der Waals surface area contributed by atoms with Gasteiger partial charge in [0.2, 0.25) is 5.91 Å². The number of thiol groups is 1. The molecule has 0 aromatic carbocycles. The summed E-state index contributed by atoms with van der Waals surface area (Å²) in [4.78, 5) is 10.9. The van der Waals surface area contributed by atoms with E-state index in [-0.39, 0.29) is 18.5 Å². The lowest BCUT2D eigenvalue weighted by Crippen LogP contribution is -2.35. The standard InChI is InChI=1S/C5H10N4OS/c1-4(2-11)5(10)7-3-8-9-6/h4,8H,2-3H2,1H3,(H-,7,10,11)/p+1. The molecule has 1 amide bonds. The molecule has 0 aliphatic heterocycles. The molecule has 1 unspecified atom stereocenters. The van der Waals surface area contributed by atoms with Crippen molar-refractivity contribution in [3.8, 4) is 0 Å². The third kappa shape index (κ3) is 4.44. The SMILES string of the molecule is CC(CS)C(=O)NCN[N+]#N. The van der Waals surface area contributed by atoms with Crippen molar-refractivity contribution in [1.29, 1.82) is 5.39 Å². The van der Waals surface area contributed by atoms with Crippen molar-refractivity contribution < 1.29 is 4.79 Å². The van der Waals surface area contributed by atoms with Crippen LogP contribution in [0.5, 0.6) is 0 Å². The van der Waals surface area contributed by atoms with E-state index < -0.39 is 0 Å². The predicted molar refractivity (Wildman–Crippen MR) is 44.2 cm³/mol. The van der Waals surface area contributed by atoms with Gasteiger partial charge < -0.3 is 5.32 Å². The molecule has 0 radical (unpaired) electrons. The first kappa shape index (κ1) is 10.0. The fraction of sp³-hybridized carbons (Fsp3) is 0.800. The summed E-state index contributed by atoms with van der Waals surface area (Å²) in [5, 5.41) is 13.0. The summed E-state index contributed by atoms with van der Waals surface area (Å²) in [7, 11) is 0. The summed E-state index contributed by atoms with van der Waals surface area (Å²) < 4.78 is 0. The Morgan fingerprint density at radius 3 is 2.91 bits per heavy atom. The Bertz CT molecular complexity index is 166. The van der Waals surface area contributed by atoms with E-state index in [4.69, 9.17) is 5.39 Å². The third-order valence-electron chi connectivity index (χ3n) is 1.13. The highest BCUT2D eigenvalue weighted by molar-refractivity contribution is 7.80. The Balaban J connectivity index is 3.46. The summed E-state index contributed by atoms with van der Waals surface area (Å²) in [6, 6.07) is 0. The minimum atomic E-state index is -0.126. The average molecular weight is 175 g/mol. The predicted octanol–water partition coefficient (Wildman–Crippen LogP) is -0.0163. The number of diazo groups is 1. The number of carbonyl (C=O) groups is 1. The van der Waals surface area contributed by atoms with Crippen molar-refractivity contribution in [2.45, 2.75) is 6.92 Å². The Kier molecular flexibility index (Phi) is 5.29. The lowest BCUT2D eigenvalue weighted by Gasteiger charge is -2.05. The monoisotopic (exact) mass is 175 g/mol. The maximum absolute atomic E-state index is 10.9. The summed E-state index contributed by atoms with van der Waals surface area (Å²) >= 11 is 3.95. The highest BCUT2D eigenvalue weighted by Gasteiger charge is 2.09. The summed E-state index contributed by atoms with van der Waals surface area (Å²) in [6.45, 7) is 1.89. The van der Waals surface area contributed by atoms with Crippen molar-refractivity contribution in [2.75, 3.05) is 12.4 Å². The second kappa shape index (κ2) is 5.80. The van der Waals surface area contributed by atoms with E-state index >= 15 is 0 Å². The number of amides is 1. The third-order valence-corrected chi connectivity index (χ3v) is 1.68. The van der Waals surface area contributed by atoms with E-state index in [2.05, 4.69) is 28.5 Å². The zero-order chi connectivity index (χ0) is 8.69. The van der Waals surface area contributed by atoms with Crippen LogP contribution in [0.4, 0.5) is 0 Å². The molecular weight excluding hydrogens is 164 g/mol. The first-order valence-corrected chi connectivity index (χ1v) is 3.81. The van der Waals surface area contributed by atoms with Crippen molar-refractivity contribution in [2.24, 2.45) is 5.92 Å². The van der Waals surface area contributed by atoms with Gasteiger partial charge in [-0.3, -0.25) is 4.79 Å². The van der Waals surface area contributed by atoms with Crippen LogP contribution in [0.15, 0.2) is 0 Å². The topological polar surface area (TPSA) is 69.3 Å². The smallest absolute Gasteiger partial charge is 0.304 e. The molecule has 0 saturated carbocycles. The van der Waals surface area contributed by atoms with Gasteiger partial charge in [0.15, 0.2) is 6.67 Å². The minimum absolute atomic E-state index is 0.115. The zero-order valence-electron chi connectivity index (χ0n) is 6.24. The fourth-order valence-corrected chi connectivity index (χ4v) is 0.585. The molecule has 0 aliphatic rings. The van der Waals surface area contributed by atoms with Gasteiger partial charge in [-0.2, -0.15) is 12.6 Å². The van der Waals surface area contributed by atoms with Crippen LogP contribution in [0.3, 0.4) is 0 Å². The second-order valence-electron chi connectivity index (χ2n) is 2.06. The normalized spacial score (nSPS) is 11.4. The first-order chi connectivity index (χ1) is 5.22. The molecule has 0 saturated heterocycles. The van der Waals surface area contributed by atoms with Crippen LogP contribution in [0, 0.1) is 11.3 Å². The maximum Gasteiger partial charge on any atom is 0.304 e. The Morgan fingerprint density at radius 1 is 1.82 bits per heavy atom. The van der Waals surface area contributed by atoms with Crippen molar-refractivity contribution in [3.63, 3.8) is 0 Å². The van der Waals surface area contributed by atoms with Crippen molar-refractivity contribution in [3.05, 3.63) is 5.08 Å². The van der Waals surface area contributed by atoms with E-state index in [9.17, 15) is 4.79 Å². The fourth-order valence-electron chi connectivity index (χ4n) is 0.419. The first-order valence-electron chi connectivity index (χ1n) is 3.18. The van der Waals surface area contributed by atoms with Gasteiger partial charge in [-0.1, -0.05) is 6.92 Å². The van der Waals surface area contributed by atoms with E-state index in [0.29, 0.717) is 5.75 Å². The van der Waals surface area contributed by atoms with Gasteiger partial charge in [0.1, 0.15) is 0 Å². The molecule has 2 N–H and O–H groups in total. The van der Waals surface area contributed by atoms with Gasteiger partial charge in [0.05, 0.1) is 0 Å². The summed E-state index contributed by atoms with van der Waals surface area (Å²) in [5.41, 5.74) is 2.18. The van der Waals surface area contributed by atoms with Crippen LogP contribution < -0.4 is 10.7 Å². The zero-order valence-corrected chi connectivity index (χ0v) is 7.14. The number of hydrogen-bond donors (Lipinski definition) is 3. The van der Waals surface area contributed by atoms with Gasteiger partial charge in [-0.25, -0.2) is 0 Å². The van der Waals surface area contributed by atoms with E-state index in [1.54, 1.807) is 6.92 Å². The van der Waals surface area contributed by atoms with Crippen LogP contribution in [-0.4, -0.2) is 18.3 Å². The number of nitrogens with zero attached hydrogens (tertiary/aromatic N) is 2. The molecule has 0 heterocycles. The summed E-state index contributed by atoms with van der Waals surface area (Å²) in [5.74, 6) is 0.261. The number of carbonyl (C=O) groups excluding carboxylic acids is 1. The lowest BCUT2D eigenvalue weighted by atomic mass is 10.2. The number of nitrogens with one attached hydrogen (secondary N) is 2. The van der Waals surface area contributed by atoms with Crippen molar-refractivity contribution >= 4 is 18.5 Å². The van der Waals surface area contributed by atoms with Crippen molar-refractivity contribution in [1.82, 2.24) is 10.7 Å². The van der Waals surface area contributed by atoms with Gasteiger partial charge in [-0.15, -0.1) is 0 Å². The molecule has 5 nitrogen and oxygen atoms in total. The molecular formula is C5H11N4OS+. The molecule has 11 heavy (non-hydrogen) atoms. The molecule has 62 valence electrons. The largest absolute Gasteiger partial charge is 0.333 e. The van der Waals surface area contributed by atoms with E-state index in [1.165, 1.54) is 0 Å². The highest BCUT2D eigenvalue weighted by Crippen LogP contribution is 1.95. The molecule has 0 aromatic rings. The lowest BCUT2D eigenvalue weighted by molar-refractivity contribution is -0.123. The molecule has 0 rings (SSSR count). The molecule has 0 spiro atoms. The summed E-state index contributed by atoms with van der Waals surface area (Å²) in [6.07, 6.45) is 0. The van der Waals surface area contributed by atoms with E-state index in [1.807, 2.05) is 0 Å². The van der Waals surface area contributed by atoms with Gasteiger partial charge in [0.25, 0.3) is 5.39 Å². The van der Waals surface area contributed by atoms with Crippen LogP contribution in [0.25, 0.3) is 5.08 Å². The number of rotatable bonds is 4. The Morgan fingerprint density at radius 2 is 2.45 bits per heavy atom. The molecule has 6 heteroatoms. The number of hydrogen-bond acceptors (Lipinski definition) is 4. The van der Waals surface area contributed by atoms with Crippen LogP contribution in [-0.2, 0) is 4.79 Å². The molecule has 0 bridgehead atoms. The van der Waals surface area contributed by atoms with Gasteiger partial charge in [0, 0.05) is 11.7 Å². The Labute approximate surface area is 70.5 Å². The van der Waals surface area contributed by atoms with Gasteiger partial charge in [-0.05, 0) is 5.43 Å². The van der Waals surface area contributed by atoms with Crippen LogP contribution >= 0.6 is 12.6 Å². The van der Waals surface area contributed by atoms with Gasteiger partial charge >= 0.3 is 5.08 Å². The quantitative estimate of drug-likeness (QED) is 0.185. The molecule has 1 atom stereocenters. The highest BCUT2D eigenvalue weighted by atomic mass is 32.1. The van der Waals surface area contributed by atoms with Crippen LogP contribution in [0.1, 0.15) is 6.92 Å². The van der Waals surface area contributed by atoms with Crippen LogP contribution in [0.2, 0.25) is 0 Å². The average Bonchev–Trinajstić information content (AvgIpc) is 2.03. The van der Waals surface area contributed by atoms with E-state index in [0.717, 1.165) is 0 Å². The Hall–Kier alpha value is -0.960. The second-order valence-corrected chi connectivity index (χ2v) is 2.42. The minimum Gasteiger partial charge on any atom is -0.333 e. The maximum atomic E-state index is 10.9. The molecule has 0 fully saturated rings.